The van der Waals surface area contributed by atoms with Crippen LogP contribution in [0.3, 0.4) is 0 Å². The Hall–Kier alpha value is -0.900. The van der Waals surface area contributed by atoms with Gasteiger partial charge in [-0.1, -0.05) is 37.1 Å². The first-order valence-corrected chi connectivity index (χ1v) is 11.4. The Kier molecular flexibility index (Phi) is 12.7. The normalized spacial score (nSPS) is 18.2. The summed E-state index contributed by atoms with van der Waals surface area (Å²) in [6, 6.07) is 8.64. The van der Waals surface area contributed by atoms with E-state index in [1.54, 1.807) is 0 Å². The Morgan fingerprint density at radius 3 is 2.60 bits per heavy atom. The van der Waals surface area contributed by atoms with E-state index in [4.69, 9.17) is 14.5 Å². The number of hydrogen-bond acceptors (Lipinski definition) is 4. The molecule has 1 aromatic carbocycles. The second-order valence-electron chi connectivity index (χ2n) is 7.91. The maximum Gasteiger partial charge on any atom is 0.191 e. The van der Waals surface area contributed by atoms with Crippen LogP contribution >= 0.6 is 24.0 Å². The van der Waals surface area contributed by atoms with Crippen LogP contribution in [0.2, 0.25) is 0 Å². The monoisotopic (exact) mass is 530 g/mol. The van der Waals surface area contributed by atoms with Crippen LogP contribution in [0.15, 0.2) is 29.3 Å². The summed E-state index contributed by atoms with van der Waals surface area (Å²) in [5.41, 5.74) is 2.65. The van der Waals surface area contributed by atoms with Crippen molar-refractivity contribution >= 4 is 29.9 Å². The molecule has 0 atom stereocenters. The fraction of sp³-hybridized carbons (Fsp3) is 0.696. The lowest BCUT2D eigenvalue weighted by molar-refractivity contribution is 0.0341. The van der Waals surface area contributed by atoms with Crippen molar-refractivity contribution in [3.05, 3.63) is 35.4 Å². The molecule has 0 unspecified atom stereocenters. The van der Waals surface area contributed by atoms with Gasteiger partial charge in [0.1, 0.15) is 0 Å². The number of rotatable bonds is 10. The lowest BCUT2D eigenvalue weighted by Crippen LogP contribution is -2.38. The van der Waals surface area contributed by atoms with Gasteiger partial charge in [0.05, 0.1) is 25.9 Å². The van der Waals surface area contributed by atoms with Gasteiger partial charge in [0.25, 0.3) is 0 Å². The third-order valence-corrected chi connectivity index (χ3v) is 5.64. The third-order valence-electron chi connectivity index (χ3n) is 5.64. The van der Waals surface area contributed by atoms with Crippen LogP contribution in [0.5, 0.6) is 0 Å². The maximum atomic E-state index is 5.95. The maximum absolute atomic E-state index is 5.95. The smallest absolute Gasteiger partial charge is 0.191 e. The fourth-order valence-electron chi connectivity index (χ4n) is 3.96. The molecule has 0 aromatic heterocycles. The van der Waals surface area contributed by atoms with Crippen molar-refractivity contribution in [3.63, 3.8) is 0 Å². The van der Waals surface area contributed by atoms with Crippen LogP contribution in [-0.2, 0) is 22.6 Å². The number of nitrogens with zero attached hydrogens (tertiary/aromatic N) is 2. The predicted molar refractivity (Wildman–Crippen MR) is 134 cm³/mol. The molecule has 3 rings (SSSR count). The molecule has 0 radical (unpaired) electrons. The molecule has 170 valence electrons. The molecule has 2 fully saturated rings. The van der Waals surface area contributed by atoms with Crippen molar-refractivity contribution in [1.82, 2.24) is 15.5 Å². The molecule has 6 nitrogen and oxygen atoms in total. The summed E-state index contributed by atoms with van der Waals surface area (Å²) in [7, 11) is 0. The zero-order valence-corrected chi connectivity index (χ0v) is 20.7. The lowest BCUT2D eigenvalue weighted by Gasteiger charge is -2.27. The van der Waals surface area contributed by atoms with Crippen LogP contribution in [-0.4, -0.2) is 63.0 Å². The number of ether oxygens (including phenoxy) is 2. The van der Waals surface area contributed by atoms with Crippen molar-refractivity contribution in [3.8, 4) is 0 Å². The van der Waals surface area contributed by atoms with E-state index in [9.17, 15) is 0 Å². The highest BCUT2D eigenvalue weighted by Crippen LogP contribution is 2.20. The molecule has 1 aromatic rings. The standard InChI is InChI=1S/C23H38N4O2.HI/c1-2-24-23(25-12-7-15-29-22-10-5-6-11-22)26-18-20-8-3-4-9-21(20)19-27-13-16-28-17-14-27;/h3-4,8-9,22H,2,5-7,10-19H2,1H3,(H2,24,25,26);1H. The Balaban J connectivity index is 0.00000320. The molecular formula is C23H39IN4O2. The van der Waals surface area contributed by atoms with E-state index in [1.807, 2.05) is 0 Å². The molecule has 1 aliphatic heterocycles. The van der Waals surface area contributed by atoms with E-state index in [0.717, 1.165) is 64.9 Å². The number of halogens is 1. The van der Waals surface area contributed by atoms with Crippen LogP contribution < -0.4 is 10.6 Å². The van der Waals surface area contributed by atoms with Gasteiger partial charge >= 0.3 is 0 Å². The molecule has 0 amide bonds. The Bertz CT molecular complexity index is 617. The largest absolute Gasteiger partial charge is 0.379 e. The summed E-state index contributed by atoms with van der Waals surface area (Å²) in [4.78, 5) is 7.28. The van der Waals surface area contributed by atoms with Crippen molar-refractivity contribution in [2.24, 2.45) is 4.99 Å². The van der Waals surface area contributed by atoms with E-state index < -0.39 is 0 Å². The quantitative estimate of drug-likeness (QED) is 0.210. The van der Waals surface area contributed by atoms with E-state index in [0.29, 0.717) is 12.6 Å². The van der Waals surface area contributed by atoms with Crippen LogP contribution in [0, 0.1) is 0 Å². The van der Waals surface area contributed by atoms with Crippen LogP contribution in [0.1, 0.15) is 50.2 Å². The molecule has 0 spiro atoms. The zero-order valence-electron chi connectivity index (χ0n) is 18.4. The van der Waals surface area contributed by atoms with E-state index in [-0.39, 0.29) is 24.0 Å². The highest BCUT2D eigenvalue weighted by atomic mass is 127. The van der Waals surface area contributed by atoms with Gasteiger partial charge in [0, 0.05) is 39.3 Å². The number of guanidine groups is 1. The Morgan fingerprint density at radius 1 is 1.13 bits per heavy atom. The average molecular weight is 530 g/mol. The predicted octanol–water partition coefficient (Wildman–Crippen LogP) is 3.54. The van der Waals surface area contributed by atoms with Crippen molar-refractivity contribution < 1.29 is 9.47 Å². The van der Waals surface area contributed by atoms with Crippen LogP contribution in [0.4, 0.5) is 0 Å². The first-order chi connectivity index (χ1) is 14.3. The fourth-order valence-corrected chi connectivity index (χ4v) is 3.96. The number of aliphatic imine (C=N–C) groups is 1. The molecule has 0 bridgehead atoms. The minimum atomic E-state index is 0. The summed E-state index contributed by atoms with van der Waals surface area (Å²) in [5, 5.41) is 6.81. The molecule has 1 saturated carbocycles. The van der Waals surface area contributed by atoms with E-state index >= 15 is 0 Å². The summed E-state index contributed by atoms with van der Waals surface area (Å²) in [6.45, 7) is 10.0. The second-order valence-corrected chi connectivity index (χ2v) is 7.91. The molecule has 1 aliphatic carbocycles. The van der Waals surface area contributed by atoms with Gasteiger partial charge in [-0.15, -0.1) is 24.0 Å². The summed E-state index contributed by atoms with van der Waals surface area (Å²) in [6.07, 6.45) is 6.64. The van der Waals surface area contributed by atoms with Crippen LogP contribution in [0.25, 0.3) is 0 Å². The zero-order chi connectivity index (χ0) is 20.2. The number of benzene rings is 1. The van der Waals surface area contributed by atoms with Crippen molar-refractivity contribution in [2.75, 3.05) is 46.0 Å². The Labute approximate surface area is 199 Å². The first kappa shape index (κ1) is 25.4. The number of hydrogen-bond donors (Lipinski definition) is 2. The lowest BCUT2D eigenvalue weighted by atomic mass is 10.1. The topological polar surface area (TPSA) is 58.1 Å². The molecule has 7 heteroatoms. The highest BCUT2D eigenvalue weighted by molar-refractivity contribution is 14.0. The average Bonchev–Trinajstić information content (AvgIpc) is 3.27. The van der Waals surface area contributed by atoms with Gasteiger partial charge in [-0.3, -0.25) is 4.90 Å². The number of nitrogens with one attached hydrogen (secondary N) is 2. The highest BCUT2D eigenvalue weighted by Gasteiger charge is 2.15. The molecule has 30 heavy (non-hydrogen) atoms. The SMILES string of the molecule is CCNC(=NCc1ccccc1CN1CCOCC1)NCCCOC1CCCC1.I. The second kappa shape index (κ2) is 15.0. The molecular weight excluding hydrogens is 491 g/mol. The summed E-state index contributed by atoms with van der Waals surface area (Å²) < 4.78 is 11.4. The molecule has 1 saturated heterocycles. The number of morpholine rings is 1. The van der Waals surface area contributed by atoms with Gasteiger partial charge in [0.2, 0.25) is 0 Å². The summed E-state index contributed by atoms with van der Waals surface area (Å²) >= 11 is 0. The molecule has 2 N–H and O–H groups in total. The van der Waals surface area contributed by atoms with Gasteiger partial charge in [-0.25, -0.2) is 4.99 Å². The van der Waals surface area contributed by atoms with Gasteiger partial charge in [-0.2, -0.15) is 0 Å². The minimum absolute atomic E-state index is 0. The Morgan fingerprint density at radius 2 is 1.87 bits per heavy atom. The minimum Gasteiger partial charge on any atom is -0.379 e. The van der Waals surface area contributed by atoms with E-state index in [2.05, 4.69) is 46.7 Å². The molecule has 2 aliphatic rings. The van der Waals surface area contributed by atoms with Gasteiger partial charge < -0.3 is 20.1 Å². The van der Waals surface area contributed by atoms with Crippen molar-refractivity contribution in [1.29, 1.82) is 0 Å². The van der Waals surface area contributed by atoms with Gasteiger partial charge in [-0.05, 0) is 37.3 Å². The van der Waals surface area contributed by atoms with Gasteiger partial charge in [0.15, 0.2) is 5.96 Å². The summed E-state index contributed by atoms with van der Waals surface area (Å²) in [5.74, 6) is 0.884. The third kappa shape index (κ3) is 9.08. The van der Waals surface area contributed by atoms with Crippen molar-refractivity contribution in [2.45, 2.75) is 58.2 Å². The molecule has 1 heterocycles. The van der Waals surface area contributed by atoms with E-state index in [1.165, 1.54) is 36.8 Å². The first-order valence-electron chi connectivity index (χ1n) is 11.4.